The van der Waals surface area contributed by atoms with Crippen LogP contribution in [0.15, 0.2) is 47.3 Å². The van der Waals surface area contributed by atoms with Crippen LogP contribution in [0.25, 0.3) is 10.9 Å². The summed E-state index contributed by atoms with van der Waals surface area (Å²) in [6, 6.07) is 12.6. The molecule has 0 atom stereocenters. The van der Waals surface area contributed by atoms with Gasteiger partial charge in [0.1, 0.15) is 18.2 Å². The van der Waals surface area contributed by atoms with E-state index >= 15 is 0 Å². The molecule has 0 aliphatic rings. The van der Waals surface area contributed by atoms with Crippen molar-refractivity contribution in [2.75, 3.05) is 0 Å². The second-order valence-corrected chi connectivity index (χ2v) is 5.16. The lowest BCUT2D eigenvalue weighted by atomic mass is 10.1. The lowest BCUT2D eigenvalue weighted by molar-refractivity contribution is 0.296. The third-order valence-electron chi connectivity index (χ3n) is 3.18. The minimum absolute atomic E-state index is 0.154. The summed E-state index contributed by atoms with van der Waals surface area (Å²) in [5.41, 5.74) is 1.51. The van der Waals surface area contributed by atoms with E-state index in [0.29, 0.717) is 27.5 Å². The van der Waals surface area contributed by atoms with E-state index in [-0.39, 0.29) is 12.2 Å². The number of nitrogens with zero attached hydrogens (tertiary/aromatic N) is 1. The zero-order chi connectivity index (χ0) is 14.8. The lowest BCUT2D eigenvalue weighted by Gasteiger charge is -2.07. The number of hydrogen-bond donors (Lipinski definition) is 1. The van der Waals surface area contributed by atoms with Crippen LogP contribution in [0.1, 0.15) is 11.4 Å². The van der Waals surface area contributed by atoms with Gasteiger partial charge in [0.05, 0.1) is 10.9 Å². The summed E-state index contributed by atoms with van der Waals surface area (Å²) in [5.74, 6) is 1.17. The smallest absolute Gasteiger partial charge is 0.258 e. The number of aryl methyl sites for hydroxylation is 1. The predicted octanol–water partition coefficient (Wildman–Crippen LogP) is 3.46. The monoisotopic (exact) mass is 300 g/mol. The minimum Gasteiger partial charge on any atom is -0.486 e. The quantitative estimate of drug-likeness (QED) is 0.806. The van der Waals surface area contributed by atoms with Gasteiger partial charge in [0.15, 0.2) is 0 Å². The topological polar surface area (TPSA) is 55.0 Å². The number of rotatable bonds is 3. The van der Waals surface area contributed by atoms with Crippen molar-refractivity contribution in [1.82, 2.24) is 9.97 Å². The average molecular weight is 301 g/mol. The molecule has 4 nitrogen and oxygen atoms in total. The van der Waals surface area contributed by atoms with Crippen molar-refractivity contribution in [3.8, 4) is 5.75 Å². The SMILES string of the molecule is Cc1cccc2c(=O)[nH]c(COc3ccc(Cl)cc3)nc12. The molecule has 0 radical (unpaired) electrons. The minimum atomic E-state index is -0.154. The molecule has 0 spiro atoms. The lowest BCUT2D eigenvalue weighted by Crippen LogP contribution is -2.14. The Morgan fingerprint density at radius 2 is 1.95 bits per heavy atom. The zero-order valence-corrected chi connectivity index (χ0v) is 12.1. The van der Waals surface area contributed by atoms with Crippen LogP contribution in [-0.4, -0.2) is 9.97 Å². The van der Waals surface area contributed by atoms with Crippen molar-refractivity contribution in [3.63, 3.8) is 0 Å². The van der Waals surface area contributed by atoms with E-state index in [2.05, 4.69) is 9.97 Å². The molecule has 2 aromatic carbocycles. The Morgan fingerprint density at radius 3 is 2.71 bits per heavy atom. The summed E-state index contributed by atoms with van der Waals surface area (Å²) in [6.45, 7) is 2.12. The van der Waals surface area contributed by atoms with Gasteiger partial charge in [0, 0.05) is 5.02 Å². The molecule has 1 heterocycles. The Bertz CT molecular complexity index is 841. The Hall–Kier alpha value is -2.33. The predicted molar refractivity (Wildman–Crippen MR) is 82.9 cm³/mol. The maximum atomic E-state index is 12.0. The summed E-state index contributed by atoms with van der Waals surface area (Å²) < 4.78 is 5.60. The number of H-pyrrole nitrogens is 1. The maximum absolute atomic E-state index is 12.0. The second kappa shape index (κ2) is 5.58. The van der Waals surface area contributed by atoms with Gasteiger partial charge in [0.25, 0.3) is 5.56 Å². The highest BCUT2D eigenvalue weighted by Gasteiger charge is 2.06. The van der Waals surface area contributed by atoms with Gasteiger partial charge in [-0.15, -0.1) is 0 Å². The number of ether oxygens (including phenoxy) is 1. The summed E-state index contributed by atoms with van der Waals surface area (Å²) in [7, 11) is 0. The van der Waals surface area contributed by atoms with Gasteiger partial charge in [0.2, 0.25) is 0 Å². The van der Waals surface area contributed by atoms with Crippen LogP contribution in [0, 0.1) is 6.92 Å². The van der Waals surface area contributed by atoms with Gasteiger partial charge >= 0.3 is 0 Å². The first kappa shape index (κ1) is 13.6. The molecule has 3 rings (SSSR count). The number of para-hydroxylation sites is 1. The summed E-state index contributed by atoms with van der Waals surface area (Å²) in [5, 5.41) is 1.24. The number of aromatic amines is 1. The molecular weight excluding hydrogens is 288 g/mol. The standard InChI is InChI=1S/C16H13ClN2O2/c1-10-3-2-4-13-15(10)18-14(19-16(13)20)9-21-12-7-5-11(17)6-8-12/h2-8H,9H2,1H3,(H,18,19,20). The normalized spacial score (nSPS) is 10.8. The van der Waals surface area contributed by atoms with E-state index in [1.54, 1.807) is 30.3 Å². The van der Waals surface area contributed by atoms with Gasteiger partial charge < -0.3 is 9.72 Å². The van der Waals surface area contributed by atoms with E-state index in [1.807, 2.05) is 19.1 Å². The van der Waals surface area contributed by atoms with Crippen LogP contribution in [0.4, 0.5) is 0 Å². The van der Waals surface area contributed by atoms with Gasteiger partial charge in [-0.25, -0.2) is 4.98 Å². The maximum Gasteiger partial charge on any atom is 0.258 e. The van der Waals surface area contributed by atoms with Gasteiger partial charge in [-0.1, -0.05) is 23.7 Å². The highest BCUT2D eigenvalue weighted by atomic mass is 35.5. The fraction of sp³-hybridized carbons (Fsp3) is 0.125. The molecule has 0 saturated heterocycles. The number of aromatic nitrogens is 2. The molecule has 3 aromatic rings. The Labute approximate surface area is 126 Å². The molecule has 1 N–H and O–H groups in total. The average Bonchev–Trinajstić information content (AvgIpc) is 2.48. The summed E-state index contributed by atoms with van der Waals surface area (Å²) >= 11 is 5.82. The third-order valence-corrected chi connectivity index (χ3v) is 3.43. The van der Waals surface area contributed by atoms with E-state index < -0.39 is 0 Å². The highest BCUT2D eigenvalue weighted by Crippen LogP contribution is 2.17. The number of nitrogens with one attached hydrogen (secondary N) is 1. The van der Waals surface area contributed by atoms with Crippen molar-refractivity contribution in [2.24, 2.45) is 0 Å². The van der Waals surface area contributed by atoms with Crippen LogP contribution in [0.3, 0.4) is 0 Å². The van der Waals surface area contributed by atoms with Crippen LogP contribution in [0.5, 0.6) is 5.75 Å². The first-order valence-corrected chi connectivity index (χ1v) is 6.88. The second-order valence-electron chi connectivity index (χ2n) is 4.73. The molecule has 0 amide bonds. The molecule has 0 aliphatic heterocycles. The Kier molecular flexibility index (Phi) is 3.62. The molecule has 1 aromatic heterocycles. The number of halogens is 1. The molecule has 21 heavy (non-hydrogen) atoms. The number of benzene rings is 2. The van der Waals surface area contributed by atoms with E-state index in [0.717, 1.165) is 5.56 Å². The molecule has 106 valence electrons. The molecule has 0 saturated carbocycles. The largest absolute Gasteiger partial charge is 0.486 e. The molecule has 0 unspecified atom stereocenters. The van der Waals surface area contributed by atoms with Gasteiger partial charge in [-0.05, 0) is 42.8 Å². The third kappa shape index (κ3) is 2.90. The fourth-order valence-corrected chi connectivity index (χ4v) is 2.23. The van der Waals surface area contributed by atoms with Gasteiger partial charge in [-0.2, -0.15) is 0 Å². The number of fused-ring (bicyclic) bond motifs is 1. The van der Waals surface area contributed by atoms with E-state index in [4.69, 9.17) is 16.3 Å². The van der Waals surface area contributed by atoms with Crippen molar-refractivity contribution in [2.45, 2.75) is 13.5 Å². The Balaban J connectivity index is 1.89. The molecule has 0 bridgehead atoms. The van der Waals surface area contributed by atoms with Crippen molar-refractivity contribution < 1.29 is 4.74 Å². The van der Waals surface area contributed by atoms with Crippen LogP contribution >= 0.6 is 11.6 Å². The van der Waals surface area contributed by atoms with Crippen LogP contribution in [0.2, 0.25) is 5.02 Å². The highest BCUT2D eigenvalue weighted by molar-refractivity contribution is 6.30. The van der Waals surface area contributed by atoms with Crippen molar-refractivity contribution >= 4 is 22.5 Å². The van der Waals surface area contributed by atoms with E-state index in [9.17, 15) is 4.79 Å². The Morgan fingerprint density at radius 1 is 1.19 bits per heavy atom. The first-order chi connectivity index (χ1) is 10.1. The fourth-order valence-electron chi connectivity index (χ4n) is 2.10. The van der Waals surface area contributed by atoms with Crippen LogP contribution in [-0.2, 0) is 6.61 Å². The zero-order valence-electron chi connectivity index (χ0n) is 11.4. The molecular formula is C16H13ClN2O2. The molecule has 0 fully saturated rings. The molecule has 0 aliphatic carbocycles. The van der Waals surface area contributed by atoms with Crippen molar-refractivity contribution in [1.29, 1.82) is 0 Å². The summed E-state index contributed by atoms with van der Waals surface area (Å²) in [4.78, 5) is 19.2. The van der Waals surface area contributed by atoms with Crippen LogP contribution < -0.4 is 10.3 Å². The van der Waals surface area contributed by atoms with Crippen molar-refractivity contribution in [3.05, 3.63) is 69.2 Å². The first-order valence-electron chi connectivity index (χ1n) is 6.50. The molecule has 5 heteroatoms. The van der Waals surface area contributed by atoms with Gasteiger partial charge in [-0.3, -0.25) is 4.79 Å². The summed E-state index contributed by atoms with van der Waals surface area (Å²) in [6.07, 6.45) is 0. The van der Waals surface area contributed by atoms with E-state index in [1.165, 1.54) is 0 Å². The number of hydrogen-bond acceptors (Lipinski definition) is 3.